The zero-order valence-corrected chi connectivity index (χ0v) is 16.7. The van der Waals surface area contributed by atoms with E-state index in [2.05, 4.69) is 5.32 Å². The molecule has 1 atom stereocenters. The van der Waals surface area contributed by atoms with Crippen molar-refractivity contribution in [2.45, 2.75) is 19.5 Å². The summed E-state index contributed by atoms with van der Waals surface area (Å²) < 4.78 is 26.2. The number of carbonyl (C=O) groups excluding carboxylic acids is 1. The number of benzene rings is 2. The smallest absolute Gasteiger partial charge is 0.348 e. The van der Waals surface area contributed by atoms with Crippen LogP contribution in [-0.4, -0.2) is 12.6 Å². The molecular formula is C23H20FNO3S. The van der Waals surface area contributed by atoms with Gasteiger partial charge in [0.1, 0.15) is 16.5 Å². The lowest BCUT2D eigenvalue weighted by molar-refractivity contribution is 0.0531. The molecule has 2 heterocycles. The van der Waals surface area contributed by atoms with E-state index in [1.54, 1.807) is 19.3 Å². The third kappa shape index (κ3) is 3.95. The van der Waals surface area contributed by atoms with Crippen molar-refractivity contribution in [3.8, 4) is 0 Å². The summed E-state index contributed by atoms with van der Waals surface area (Å²) in [7, 11) is 0. The van der Waals surface area contributed by atoms with Gasteiger partial charge in [-0.25, -0.2) is 9.18 Å². The van der Waals surface area contributed by atoms with E-state index in [0.717, 1.165) is 16.0 Å². The van der Waals surface area contributed by atoms with Gasteiger partial charge < -0.3 is 9.15 Å². The van der Waals surface area contributed by atoms with Crippen LogP contribution in [0.4, 0.5) is 4.39 Å². The lowest BCUT2D eigenvalue weighted by Gasteiger charge is -2.17. The van der Waals surface area contributed by atoms with Crippen molar-refractivity contribution in [1.29, 1.82) is 0 Å². The number of ether oxygens (including phenoxy) is 1. The van der Waals surface area contributed by atoms with Gasteiger partial charge >= 0.3 is 5.97 Å². The van der Waals surface area contributed by atoms with Crippen molar-refractivity contribution in [2.24, 2.45) is 0 Å². The summed E-state index contributed by atoms with van der Waals surface area (Å²) in [5.74, 6) is -0.0339. The van der Waals surface area contributed by atoms with E-state index in [0.29, 0.717) is 15.8 Å². The number of fused-ring (bicyclic) bond motifs is 1. The highest BCUT2D eigenvalue weighted by Crippen LogP contribution is 2.34. The van der Waals surface area contributed by atoms with E-state index >= 15 is 0 Å². The van der Waals surface area contributed by atoms with Crippen molar-refractivity contribution < 1.29 is 18.3 Å². The summed E-state index contributed by atoms with van der Waals surface area (Å²) in [6, 6.07) is 18.2. The van der Waals surface area contributed by atoms with E-state index < -0.39 is 5.97 Å². The third-order valence-electron chi connectivity index (χ3n) is 4.67. The molecule has 148 valence electrons. The molecule has 0 bridgehead atoms. The Kier molecular flexibility index (Phi) is 5.74. The predicted molar refractivity (Wildman–Crippen MR) is 112 cm³/mol. The van der Waals surface area contributed by atoms with Gasteiger partial charge in [-0.2, -0.15) is 0 Å². The maximum Gasteiger partial charge on any atom is 0.348 e. The van der Waals surface area contributed by atoms with Gasteiger partial charge in [-0.3, -0.25) is 5.32 Å². The Balaban J connectivity index is 1.72. The van der Waals surface area contributed by atoms with E-state index in [1.165, 1.54) is 17.4 Å². The second kappa shape index (κ2) is 8.59. The van der Waals surface area contributed by atoms with Crippen LogP contribution in [0.5, 0.6) is 0 Å². The van der Waals surface area contributed by atoms with Crippen molar-refractivity contribution in [3.05, 3.63) is 94.5 Å². The fourth-order valence-corrected chi connectivity index (χ4v) is 4.51. The molecule has 4 rings (SSSR count). The molecule has 0 spiro atoms. The summed E-state index contributed by atoms with van der Waals surface area (Å²) in [6.45, 7) is 2.31. The Bertz CT molecular complexity index is 1110. The number of hydrogen-bond acceptors (Lipinski definition) is 5. The second-order valence-corrected chi connectivity index (χ2v) is 7.54. The average Bonchev–Trinajstić information content (AvgIpc) is 3.38. The summed E-state index contributed by atoms with van der Waals surface area (Å²) in [5, 5.41) is 3.89. The molecule has 0 fully saturated rings. The van der Waals surface area contributed by atoms with Crippen LogP contribution in [0, 0.1) is 5.82 Å². The SMILES string of the molecule is CCOC(=O)c1sc2cccc(F)c2c1CN[C@H](c1ccccc1)c1ccco1. The molecule has 6 heteroatoms. The first-order valence-corrected chi connectivity index (χ1v) is 10.2. The molecule has 0 saturated heterocycles. The van der Waals surface area contributed by atoms with Crippen LogP contribution >= 0.6 is 11.3 Å². The number of thiophene rings is 1. The molecule has 4 aromatic rings. The lowest BCUT2D eigenvalue weighted by Crippen LogP contribution is -2.22. The zero-order chi connectivity index (χ0) is 20.2. The summed E-state index contributed by atoms with van der Waals surface area (Å²) in [6.07, 6.45) is 1.62. The van der Waals surface area contributed by atoms with E-state index in [1.807, 2.05) is 48.5 Å². The quantitative estimate of drug-likeness (QED) is 0.399. The molecule has 0 aliphatic rings. The monoisotopic (exact) mass is 409 g/mol. The minimum atomic E-state index is -0.431. The Morgan fingerprint density at radius 1 is 1.14 bits per heavy atom. The average molecular weight is 409 g/mol. The standard InChI is InChI=1S/C23H20FNO3S/c1-2-27-23(26)22-16(20-17(24)10-6-12-19(20)29-22)14-25-21(18-11-7-13-28-18)15-8-4-3-5-9-15/h3-13,21,25H,2,14H2,1H3/t21-/m1/s1. The number of rotatable bonds is 7. The van der Waals surface area contributed by atoms with Gasteiger partial charge in [-0.1, -0.05) is 36.4 Å². The number of hydrogen-bond donors (Lipinski definition) is 1. The third-order valence-corrected chi connectivity index (χ3v) is 5.84. The van der Waals surface area contributed by atoms with E-state index in [4.69, 9.17) is 9.15 Å². The number of furan rings is 1. The molecule has 0 unspecified atom stereocenters. The van der Waals surface area contributed by atoms with Crippen molar-refractivity contribution in [2.75, 3.05) is 6.61 Å². The Labute approximate surface area is 171 Å². The van der Waals surface area contributed by atoms with E-state index in [-0.39, 0.29) is 25.0 Å². The second-order valence-electron chi connectivity index (χ2n) is 6.48. The number of halogens is 1. The molecule has 1 N–H and O–H groups in total. The molecular weight excluding hydrogens is 389 g/mol. The summed E-state index contributed by atoms with van der Waals surface area (Å²) in [5.41, 5.74) is 1.62. The number of esters is 1. The van der Waals surface area contributed by atoms with E-state index in [9.17, 15) is 9.18 Å². The molecule has 2 aromatic heterocycles. The topological polar surface area (TPSA) is 51.5 Å². The fraction of sp³-hybridized carbons (Fsp3) is 0.174. The predicted octanol–water partition coefficient (Wildman–Crippen LogP) is 5.69. The normalized spacial score (nSPS) is 12.2. The Morgan fingerprint density at radius 3 is 2.69 bits per heavy atom. The Hall–Kier alpha value is -2.96. The summed E-state index contributed by atoms with van der Waals surface area (Å²) in [4.78, 5) is 12.9. The Morgan fingerprint density at radius 2 is 1.97 bits per heavy atom. The molecule has 2 aromatic carbocycles. The van der Waals surface area contributed by atoms with Crippen molar-refractivity contribution in [1.82, 2.24) is 5.32 Å². The zero-order valence-electron chi connectivity index (χ0n) is 15.9. The van der Waals surface area contributed by atoms with Crippen LogP contribution in [0.15, 0.2) is 71.3 Å². The molecule has 29 heavy (non-hydrogen) atoms. The van der Waals surface area contributed by atoms with Crippen LogP contribution in [0.2, 0.25) is 0 Å². The highest BCUT2D eigenvalue weighted by atomic mass is 32.1. The number of nitrogens with one attached hydrogen (secondary N) is 1. The van der Waals surface area contributed by atoms with Crippen LogP contribution in [0.3, 0.4) is 0 Å². The lowest BCUT2D eigenvalue weighted by atomic mass is 10.0. The first kappa shape index (κ1) is 19.4. The maximum absolute atomic E-state index is 14.6. The van der Waals surface area contributed by atoms with Gasteiger partial charge in [-0.05, 0) is 36.8 Å². The largest absolute Gasteiger partial charge is 0.467 e. The highest BCUT2D eigenvalue weighted by molar-refractivity contribution is 7.21. The maximum atomic E-state index is 14.6. The minimum Gasteiger partial charge on any atom is -0.467 e. The molecule has 0 radical (unpaired) electrons. The van der Waals surface area contributed by atoms with Gasteiger partial charge in [-0.15, -0.1) is 11.3 Å². The molecule has 0 saturated carbocycles. The molecule has 0 amide bonds. The first-order valence-electron chi connectivity index (χ1n) is 9.37. The molecule has 0 aliphatic heterocycles. The number of carbonyl (C=O) groups is 1. The molecule has 0 aliphatic carbocycles. The van der Waals surface area contributed by atoms with Gasteiger partial charge in [0.2, 0.25) is 0 Å². The van der Waals surface area contributed by atoms with Crippen LogP contribution in [0.25, 0.3) is 10.1 Å². The van der Waals surface area contributed by atoms with Crippen molar-refractivity contribution >= 4 is 27.4 Å². The van der Waals surface area contributed by atoms with Crippen LogP contribution in [0.1, 0.15) is 39.5 Å². The van der Waals surface area contributed by atoms with Crippen molar-refractivity contribution in [3.63, 3.8) is 0 Å². The van der Waals surface area contributed by atoms with Gasteiger partial charge in [0.05, 0.1) is 18.9 Å². The van der Waals surface area contributed by atoms with Crippen LogP contribution in [-0.2, 0) is 11.3 Å². The summed E-state index contributed by atoms with van der Waals surface area (Å²) >= 11 is 1.25. The fourth-order valence-electron chi connectivity index (χ4n) is 3.39. The minimum absolute atomic E-state index is 0.233. The van der Waals surface area contributed by atoms with Crippen LogP contribution < -0.4 is 5.32 Å². The van der Waals surface area contributed by atoms with Gasteiger partial charge in [0.25, 0.3) is 0 Å². The molecule has 4 nitrogen and oxygen atoms in total. The highest BCUT2D eigenvalue weighted by Gasteiger charge is 2.24. The first-order chi connectivity index (χ1) is 14.2. The van der Waals surface area contributed by atoms with Gasteiger partial charge in [0.15, 0.2) is 0 Å². The van der Waals surface area contributed by atoms with Gasteiger partial charge in [0, 0.05) is 22.2 Å².